The Morgan fingerprint density at radius 1 is 0.600 bits per heavy atom. The van der Waals surface area contributed by atoms with Gasteiger partial charge in [0.1, 0.15) is 29.2 Å². The van der Waals surface area contributed by atoms with Gasteiger partial charge in [-0.15, -0.1) is 0 Å². The van der Waals surface area contributed by atoms with E-state index < -0.39 is 0 Å². The monoisotopic (exact) mass is 582 g/mol. The minimum Gasteiger partial charge on any atom is -0.457 e. The van der Waals surface area contributed by atoms with Gasteiger partial charge in [0.25, 0.3) is 0 Å². The molecule has 0 saturated heterocycles. The molecule has 3 heterocycles. The van der Waals surface area contributed by atoms with Crippen LogP contribution >= 0.6 is 0 Å². The number of nitrogens with zero attached hydrogens (tertiary/aromatic N) is 4. The third kappa shape index (κ3) is 4.91. The number of rotatable bonds is 6. The molecule has 45 heavy (non-hydrogen) atoms. The van der Waals surface area contributed by atoms with Crippen molar-refractivity contribution in [1.29, 1.82) is 10.5 Å². The van der Waals surface area contributed by atoms with Crippen molar-refractivity contribution in [3.63, 3.8) is 0 Å². The highest BCUT2D eigenvalue weighted by Crippen LogP contribution is 2.32. The molecule has 6 aromatic rings. The lowest BCUT2D eigenvalue weighted by Gasteiger charge is -2.14. The molecule has 2 aromatic heterocycles. The van der Waals surface area contributed by atoms with Gasteiger partial charge in [-0.2, -0.15) is 10.5 Å². The zero-order chi connectivity index (χ0) is 30.9. The molecule has 0 atom stereocenters. The van der Waals surface area contributed by atoms with Gasteiger partial charge in [0, 0.05) is 62.3 Å². The lowest BCUT2D eigenvalue weighted by atomic mass is 10.0. The molecule has 4 aromatic carbocycles. The molecule has 0 unspecified atom stereocenters. The van der Waals surface area contributed by atoms with E-state index in [0.29, 0.717) is 17.1 Å². The van der Waals surface area contributed by atoms with Crippen molar-refractivity contribution >= 4 is 55.8 Å². The van der Waals surface area contributed by atoms with Crippen molar-refractivity contribution in [2.24, 2.45) is 0 Å². The topological polar surface area (TPSA) is 66.7 Å². The summed E-state index contributed by atoms with van der Waals surface area (Å²) < 4.78 is 10.9. The van der Waals surface area contributed by atoms with E-state index in [1.165, 1.54) is 43.6 Å². The molecule has 7 rings (SSSR count). The minimum atomic E-state index is 0.0395. The molecule has 0 N–H and O–H groups in total. The van der Waals surface area contributed by atoms with Crippen LogP contribution < -0.4 is 0 Å². The van der Waals surface area contributed by atoms with Crippen molar-refractivity contribution in [3.8, 4) is 12.1 Å². The quantitative estimate of drug-likeness (QED) is 0.184. The maximum Gasteiger partial charge on any atom is 0.137 e. The summed E-state index contributed by atoms with van der Waals surface area (Å²) in [6.07, 6.45) is 11.3. The molecular formula is C40H30N4O. The average Bonchev–Trinajstić information content (AvgIpc) is 3.58. The highest BCUT2D eigenvalue weighted by atomic mass is 16.5. The van der Waals surface area contributed by atoms with Crippen molar-refractivity contribution in [2.75, 3.05) is 0 Å². The van der Waals surface area contributed by atoms with Crippen LogP contribution in [0.4, 0.5) is 0 Å². The lowest BCUT2D eigenvalue weighted by molar-refractivity contribution is 0.332. The fourth-order valence-electron chi connectivity index (χ4n) is 6.39. The van der Waals surface area contributed by atoms with Gasteiger partial charge in [-0.05, 0) is 85.7 Å². The number of fused-ring (bicyclic) bond motifs is 6. The molecule has 0 amide bonds. The Bertz CT molecular complexity index is 2230. The Balaban J connectivity index is 1.21. The van der Waals surface area contributed by atoms with Crippen LogP contribution in [0.25, 0.3) is 55.8 Å². The number of nitriles is 2. The first-order valence-electron chi connectivity index (χ1n) is 15.2. The van der Waals surface area contributed by atoms with Crippen LogP contribution in [0.1, 0.15) is 25.0 Å². The largest absolute Gasteiger partial charge is 0.457 e. The molecule has 0 fully saturated rings. The van der Waals surface area contributed by atoms with Crippen LogP contribution in [0.5, 0.6) is 0 Å². The summed E-state index contributed by atoms with van der Waals surface area (Å²) in [6.45, 7) is 6.12. The van der Waals surface area contributed by atoms with Gasteiger partial charge in [-0.25, -0.2) is 0 Å². The number of benzene rings is 4. The van der Waals surface area contributed by atoms with E-state index in [2.05, 4.69) is 108 Å². The Labute approximate surface area is 261 Å². The number of para-hydroxylation sites is 2. The summed E-state index contributed by atoms with van der Waals surface area (Å²) in [4.78, 5) is 0. The van der Waals surface area contributed by atoms with E-state index in [1.807, 2.05) is 36.4 Å². The van der Waals surface area contributed by atoms with Gasteiger partial charge in [0.05, 0.1) is 0 Å². The predicted octanol–water partition coefficient (Wildman–Crippen LogP) is 9.81. The molecule has 1 aliphatic rings. The molecular weight excluding hydrogens is 552 g/mol. The zero-order valence-electron chi connectivity index (χ0n) is 25.2. The van der Waals surface area contributed by atoms with Crippen LogP contribution in [0.15, 0.2) is 132 Å². The maximum absolute atomic E-state index is 9.62. The van der Waals surface area contributed by atoms with Gasteiger partial charge in [-0.1, -0.05) is 60.7 Å². The average molecular weight is 583 g/mol. The molecule has 0 aliphatic carbocycles. The first-order chi connectivity index (χ1) is 22.1. The Morgan fingerprint density at radius 3 is 1.49 bits per heavy atom. The third-order valence-electron chi connectivity index (χ3n) is 8.45. The Hall–Kier alpha value is -6.04. The molecule has 0 bridgehead atoms. The highest BCUT2D eigenvalue weighted by Gasteiger charge is 2.14. The second-order valence-corrected chi connectivity index (χ2v) is 11.0. The standard InChI is InChI=1S/C40H30N4O/c1-3-43-37-11-7-5-9-33(37)35-21-27(15-19-39(35)43)13-17-31-23-29(30(25-41)26-42)24-32(45-31)18-14-28-16-20-40-36(22-28)34-10-6-8-12-38(34)44(40)4-2/h5-24H,3-4H2,1-2H3/b17-13+,18-14+. The number of aromatic nitrogens is 2. The Morgan fingerprint density at radius 2 is 1.04 bits per heavy atom. The minimum absolute atomic E-state index is 0.0395. The van der Waals surface area contributed by atoms with Crippen LogP contribution in [-0.4, -0.2) is 9.13 Å². The van der Waals surface area contributed by atoms with Crippen LogP contribution in [-0.2, 0) is 17.8 Å². The summed E-state index contributed by atoms with van der Waals surface area (Å²) in [6, 6.07) is 33.9. The van der Waals surface area contributed by atoms with Crippen LogP contribution in [0.2, 0.25) is 0 Å². The van der Waals surface area contributed by atoms with E-state index >= 15 is 0 Å². The zero-order valence-corrected chi connectivity index (χ0v) is 25.2. The first-order valence-corrected chi connectivity index (χ1v) is 15.2. The van der Waals surface area contributed by atoms with Gasteiger partial charge < -0.3 is 13.9 Å². The fourth-order valence-corrected chi connectivity index (χ4v) is 6.39. The van der Waals surface area contributed by atoms with Crippen molar-refractivity contribution in [2.45, 2.75) is 26.9 Å². The number of hydrogen-bond donors (Lipinski definition) is 0. The van der Waals surface area contributed by atoms with Crippen molar-refractivity contribution in [1.82, 2.24) is 9.13 Å². The maximum atomic E-state index is 9.62. The van der Waals surface area contributed by atoms with E-state index in [1.54, 1.807) is 12.2 Å². The number of allylic oxidation sites excluding steroid dienone is 6. The normalized spacial score (nSPS) is 13.5. The molecule has 5 heteroatoms. The summed E-state index contributed by atoms with van der Waals surface area (Å²) in [5, 5.41) is 24.1. The molecule has 0 spiro atoms. The predicted molar refractivity (Wildman–Crippen MR) is 184 cm³/mol. The second kappa shape index (κ2) is 11.6. The van der Waals surface area contributed by atoms with Gasteiger partial charge in [0.2, 0.25) is 0 Å². The van der Waals surface area contributed by atoms with Gasteiger partial charge in [-0.3, -0.25) is 0 Å². The van der Waals surface area contributed by atoms with E-state index in [-0.39, 0.29) is 5.57 Å². The van der Waals surface area contributed by atoms with E-state index in [4.69, 9.17) is 4.74 Å². The fraction of sp³-hybridized carbons (Fsp3) is 0.100. The van der Waals surface area contributed by atoms with Crippen LogP contribution in [0.3, 0.4) is 0 Å². The van der Waals surface area contributed by atoms with E-state index in [9.17, 15) is 10.5 Å². The molecule has 216 valence electrons. The SMILES string of the molecule is CCn1c2ccccc2c2cc(/C=C/C3=CC(=C(C#N)C#N)C=C(/C=C/c4ccc5c(c4)c4ccccc4n5CC)O3)ccc21. The summed E-state index contributed by atoms with van der Waals surface area (Å²) in [5.41, 5.74) is 7.48. The van der Waals surface area contributed by atoms with E-state index in [0.717, 1.165) is 24.2 Å². The molecule has 0 saturated carbocycles. The summed E-state index contributed by atoms with van der Waals surface area (Å²) in [7, 11) is 0. The summed E-state index contributed by atoms with van der Waals surface area (Å²) >= 11 is 0. The summed E-state index contributed by atoms with van der Waals surface area (Å²) in [5.74, 6) is 1.10. The van der Waals surface area contributed by atoms with Gasteiger partial charge in [0.15, 0.2) is 0 Å². The van der Waals surface area contributed by atoms with Crippen molar-refractivity contribution < 1.29 is 4.74 Å². The van der Waals surface area contributed by atoms with Gasteiger partial charge >= 0.3 is 0 Å². The molecule has 1 aliphatic heterocycles. The second-order valence-electron chi connectivity index (χ2n) is 11.0. The van der Waals surface area contributed by atoms with Crippen molar-refractivity contribution in [3.05, 3.63) is 143 Å². The smallest absolute Gasteiger partial charge is 0.137 e. The third-order valence-corrected chi connectivity index (χ3v) is 8.45. The number of ether oxygens (including phenoxy) is 1. The van der Waals surface area contributed by atoms with Crippen LogP contribution in [0, 0.1) is 22.7 Å². The molecule has 0 radical (unpaired) electrons. The Kier molecular flexibility index (Phi) is 7.14. The number of hydrogen-bond acceptors (Lipinski definition) is 3. The lowest BCUT2D eigenvalue weighted by Crippen LogP contribution is -1.98. The highest BCUT2D eigenvalue weighted by molar-refractivity contribution is 6.09. The molecule has 5 nitrogen and oxygen atoms in total. The first kappa shape index (κ1) is 27.8. The number of aryl methyl sites for hydroxylation is 2.